The maximum Gasteiger partial charge on any atom is 0.418 e. The van der Waals surface area contributed by atoms with Crippen LogP contribution in [0, 0.1) is 0 Å². The number of nitrogens with zero attached hydrogens (tertiary/aromatic N) is 1. The lowest BCUT2D eigenvalue weighted by Crippen LogP contribution is -2.48. The molecule has 1 heterocycles. The predicted molar refractivity (Wildman–Crippen MR) is 92.9 cm³/mol. The Hall–Kier alpha value is -0.533. The smallest absolute Gasteiger partial charge is 0.418 e. The van der Waals surface area contributed by atoms with E-state index in [1.807, 2.05) is 0 Å². The second-order valence-corrected chi connectivity index (χ2v) is 13.9. The number of hydrogen-bond acceptors (Lipinski definition) is 5. The summed E-state index contributed by atoms with van der Waals surface area (Å²) >= 11 is 1.15. The minimum atomic E-state index is -1.90. The average molecular weight is 348 g/mol. The van der Waals surface area contributed by atoms with E-state index in [0.717, 1.165) is 11.8 Å². The molecule has 1 atom stereocenters. The van der Waals surface area contributed by atoms with Crippen LogP contribution in [0.4, 0.5) is 9.59 Å². The molecule has 1 rings (SSSR count). The minimum Gasteiger partial charge on any atom is -0.443 e. The highest BCUT2D eigenvalue weighted by Gasteiger charge is 2.42. The fraction of sp³-hybridized carbons (Fsp3) is 0.867. The van der Waals surface area contributed by atoms with Gasteiger partial charge in [-0.2, -0.15) is 0 Å². The van der Waals surface area contributed by atoms with Gasteiger partial charge >= 0.3 is 6.09 Å². The molecule has 1 fully saturated rings. The molecular weight excluding hydrogens is 318 g/mol. The van der Waals surface area contributed by atoms with Gasteiger partial charge in [0.15, 0.2) is 8.32 Å². The highest BCUT2D eigenvalue weighted by atomic mass is 32.2. The lowest BCUT2D eigenvalue weighted by atomic mass is 10.2. The molecule has 0 aromatic heterocycles. The second-order valence-electron chi connectivity index (χ2n) is 8.15. The van der Waals surface area contributed by atoms with Gasteiger partial charge in [0.05, 0.1) is 12.6 Å². The Kier molecular flexibility index (Phi) is 5.79. The van der Waals surface area contributed by atoms with Crippen LogP contribution in [0.1, 0.15) is 41.5 Å². The van der Waals surface area contributed by atoms with Gasteiger partial charge in [-0.3, -0.25) is 4.79 Å². The first kappa shape index (κ1) is 19.5. The maximum absolute atomic E-state index is 12.2. The summed E-state index contributed by atoms with van der Waals surface area (Å²) in [6, 6.07) is -0.249. The highest BCUT2D eigenvalue weighted by molar-refractivity contribution is 8.14. The quantitative estimate of drug-likeness (QED) is 0.705. The Labute approximate surface area is 139 Å². The van der Waals surface area contributed by atoms with Gasteiger partial charge in [0.25, 0.3) is 5.24 Å². The molecule has 0 spiro atoms. The van der Waals surface area contributed by atoms with Gasteiger partial charge in [-0.25, -0.2) is 9.69 Å². The van der Waals surface area contributed by atoms with E-state index in [2.05, 4.69) is 33.9 Å². The molecule has 1 unspecified atom stereocenters. The van der Waals surface area contributed by atoms with Crippen molar-refractivity contribution in [3.8, 4) is 0 Å². The zero-order valence-corrected chi connectivity index (χ0v) is 16.8. The van der Waals surface area contributed by atoms with E-state index >= 15 is 0 Å². The van der Waals surface area contributed by atoms with Gasteiger partial charge in [0, 0.05) is 5.75 Å². The van der Waals surface area contributed by atoms with E-state index in [1.54, 1.807) is 20.8 Å². The average Bonchev–Trinajstić information content (AvgIpc) is 2.64. The number of hydrogen-bond donors (Lipinski definition) is 0. The van der Waals surface area contributed by atoms with Crippen LogP contribution in [-0.4, -0.2) is 48.6 Å². The summed E-state index contributed by atoms with van der Waals surface area (Å²) in [6.45, 7) is 16.6. The van der Waals surface area contributed by atoms with Gasteiger partial charge in [-0.15, -0.1) is 0 Å². The van der Waals surface area contributed by atoms with Gasteiger partial charge in [-0.05, 0) is 38.9 Å². The number of amides is 2. The SMILES string of the molecule is CC(C)(C)OC(=O)N1C(=O)SCC1CO[Si](C)(C)C(C)(C)C. The molecule has 2 amide bonds. The van der Waals surface area contributed by atoms with Crippen LogP contribution in [0.5, 0.6) is 0 Å². The van der Waals surface area contributed by atoms with Crippen molar-refractivity contribution in [3.05, 3.63) is 0 Å². The lowest BCUT2D eigenvalue weighted by molar-refractivity contribution is 0.0264. The molecule has 1 aliphatic rings. The summed E-state index contributed by atoms with van der Waals surface area (Å²) in [4.78, 5) is 25.4. The molecule has 0 aromatic carbocycles. The van der Waals surface area contributed by atoms with Gasteiger partial charge in [0.2, 0.25) is 0 Å². The minimum absolute atomic E-state index is 0.0967. The zero-order valence-electron chi connectivity index (χ0n) is 15.0. The molecule has 0 aliphatic carbocycles. The van der Waals surface area contributed by atoms with Crippen LogP contribution >= 0.6 is 11.8 Å². The number of imide groups is 1. The molecule has 7 heteroatoms. The summed E-state index contributed by atoms with van der Waals surface area (Å²) in [7, 11) is -1.90. The van der Waals surface area contributed by atoms with Crippen molar-refractivity contribution >= 4 is 31.4 Å². The normalized spacial score (nSPS) is 20.5. The van der Waals surface area contributed by atoms with Crippen molar-refractivity contribution in [1.29, 1.82) is 0 Å². The van der Waals surface area contributed by atoms with Gasteiger partial charge in [0.1, 0.15) is 5.60 Å². The standard InChI is InChI=1S/C15H29NO4SSi/c1-14(2,3)20-12(17)16-11(10-21-13(16)18)9-19-22(7,8)15(4,5)6/h11H,9-10H2,1-8H3. The van der Waals surface area contributed by atoms with Gasteiger partial charge < -0.3 is 9.16 Å². The second kappa shape index (κ2) is 6.53. The van der Waals surface area contributed by atoms with Crippen molar-refractivity contribution in [2.75, 3.05) is 12.4 Å². The summed E-state index contributed by atoms with van der Waals surface area (Å²) in [5.41, 5.74) is -0.616. The molecule has 0 aromatic rings. The van der Waals surface area contributed by atoms with Crippen molar-refractivity contribution in [1.82, 2.24) is 4.90 Å². The van der Waals surface area contributed by atoms with Crippen LogP contribution < -0.4 is 0 Å². The first-order valence-electron chi connectivity index (χ1n) is 7.57. The first-order valence-corrected chi connectivity index (χ1v) is 11.5. The molecule has 1 saturated heterocycles. The predicted octanol–water partition coefficient (Wildman–Crippen LogP) is 4.48. The number of ether oxygens (including phenoxy) is 1. The Morgan fingerprint density at radius 2 is 1.82 bits per heavy atom. The number of rotatable bonds is 3. The van der Waals surface area contributed by atoms with Crippen LogP contribution in [0.2, 0.25) is 18.1 Å². The van der Waals surface area contributed by atoms with Crippen LogP contribution in [-0.2, 0) is 9.16 Å². The summed E-state index contributed by atoms with van der Waals surface area (Å²) in [5, 5.41) is -0.155. The van der Waals surface area contributed by atoms with E-state index < -0.39 is 20.0 Å². The maximum atomic E-state index is 12.2. The van der Waals surface area contributed by atoms with Crippen molar-refractivity contribution < 1.29 is 18.8 Å². The van der Waals surface area contributed by atoms with E-state index in [0.29, 0.717) is 12.4 Å². The summed E-state index contributed by atoms with van der Waals surface area (Å²) in [5.74, 6) is 0.562. The fourth-order valence-electron chi connectivity index (χ4n) is 1.64. The van der Waals surface area contributed by atoms with Crippen molar-refractivity contribution in [3.63, 3.8) is 0 Å². The molecule has 0 radical (unpaired) electrons. The van der Waals surface area contributed by atoms with E-state index in [1.165, 1.54) is 4.90 Å². The first-order chi connectivity index (χ1) is 9.74. The van der Waals surface area contributed by atoms with Crippen LogP contribution in [0.3, 0.4) is 0 Å². The number of carbonyl (C=O) groups excluding carboxylic acids is 2. The van der Waals surface area contributed by atoms with Crippen molar-refractivity contribution in [2.24, 2.45) is 0 Å². The number of carbonyl (C=O) groups is 2. The van der Waals surface area contributed by atoms with Crippen LogP contribution in [0.25, 0.3) is 0 Å². The van der Waals surface area contributed by atoms with Gasteiger partial charge in [-0.1, -0.05) is 32.5 Å². The molecule has 0 N–H and O–H groups in total. The largest absolute Gasteiger partial charge is 0.443 e. The van der Waals surface area contributed by atoms with Crippen molar-refractivity contribution in [2.45, 2.75) is 71.3 Å². The highest BCUT2D eigenvalue weighted by Crippen LogP contribution is 2.37. The molecule has 1 aliphatic heterocycles. The van der Waals surface area contributed by atoms with E-state index in [-0.39, 0.29) is 16.3 Å². The summed E-state index contributed by atoms with van der Waals surface area (Å²) in [6.07, 6.45) is -0.577. The third-order valence-corrected chi connectivity index (χ3v) is 9.49. The Balaban J connectivity index is 2.74. The monoisotopic (exact) mass is 347 g/mol. The number of thioether (sulfide) groups is 1. The molecule has 0 saturated carbocycles. The third-order valence-electron chi connectivity index (χ3n) is 3.99. The molecule has 22 heavy (non-hydrogen) atoms. The molecular formula is C15H29NO4SSi. The topological polar surface area (TPSA) is 55.8 Å². The fourth-order valence-corrected chi connectivity index (χ4v) is 3.62. The molecule has 0 bridgehead atoms. The Morgan fingerprint density at radius 1 is 1.27 bits per heavy atom. The molecule has 128 valence electrons. The molecule has 5 nitrogen and oxygen atoms in total. The van der Waals surface area contributed by atoms with E-state index in [4.69, 9.17) is 9.16 Å². The Bertz CT molecular complexity index is 440. The Morgan fingerprint density at radius 3 is 2.27 bits per heavy atom. The summed E-state index contributed by atoms with van der Waals surface area (Å²) < 4.78 is 11.5. The zero-order chi connectivity index (χ0) is 17.3. The lowest BCUT2D eigenvalue weighted by Gasteiger charge is -2.37. The van der Waals surface area contributed by atoms with Crippen LogP contribution in [0.15, 0.2) is 0 Å². The third kappa shape index (κ3) is 4.99. The van der Waals surface area contributed by atoms with E-state index in [9.17, 15) is 9.59 Å².